The van der Waals surface area contributed by atoms with Gasteiger partial charge in [-0.05, 0) is 30.3 Å². The first-order valence-electron chi connectivity index (χ1n) is 7.69. The van der Waals surface area contributed by atoms with Gasteiger partial charge in [0, 0.05) is 28.4 Å². The molecular weight excluding hydrogens is 328 g/mol. The third-order valence-corrected chi connectivity index (χ3v) is 4.03. The van der Waals surface area contributed by atoms with Crippen LogP contribution >= 0.6 is 11.6 Å². The van der Waals surface area contributed by atoms with Gasteiger partial charge in [0.25, 0.3) is 0 Å². The van der Waals surface area contributed by atoms with Gasteiger partial charge in [-0.25, -0.2) is 0 Å². The molecule has 1 aliphatic heterocycles. The Morgan fingerprint density at radius 1 is 1.21 bits per heavy atom. The highest BCUT2D eigenvalue weighted by molar-refractivity contribution is 6.30. The van der Waals surface area contributed by atoms with E-state index in [1.54, 1.807) is 37.3 Å². The molecule has 124 valence electrons. The molecule has 1 aliphatic rings. The molecule has 0 radical (unpaired) electrons. The zero-order chi connectivity index (χ0) is 17.1. The first kappa shape index (κ1) is 16.3. The average Bonchev–Trinajstić information content (AvgIpc) is 2.60. The van der Waals surface area contributed by atoms with Gasteiger partial charge in [0.05, 0.1) is 0 Å². The molecule has 3 rings (SSSR count). The van der Waals surface area contributed by atoms with Crippen LogP contribution in [0.2, 0.25) is 5.02 Å². The number of hydrogen-bond acceptors (Lipinski definition) is 5. The molecule has 6 heteroatoms. The lowest BCUT2D eigenvalue weighted by atomic mass is 9.97. The third kappa shape index (κ3) is 3.36. The van der Waals surface area contributed by atoms with E-state index in [0.717, 1.165) is 11.4 Å². The maximum absolute atomic E-state index is 12.8. The number of ketones is 1. The first-order chi connectivity index (χ1) is 11.6. The van der Waals surface area contributed by atoms with E-state index in [2.05, 4.69) is 10.6 Å². The van der Waals surface area contributed by atoms with Crippen LogP contribution in [0.5, 0.6) is 0 Å². The SMILES string of the molecule is CCC(=O)OC1C(=O)C(Nc2ccc(Cl)cc2)Nc2ccccc21. The largest absolute Gasteiger partial charge is 0.449 e. The zero-order valence-corrected chi connectivity index (χ0v) is 13.8. The molecule has 0 aromatic heterocycles. The summed E-state index contributed by atoms with van der Waals surface area (Å²) in [6, 6.07) is 14.3. The number of carbonyl (C=O) groups is 2. The Morgan fingerprint density at radius 2 is 1.92 bits per heavy atom. The standard InChI is InChI=1S/C18H17ClN2O3/c1-2-15(22)24-17-13-5-3-4-6-14(13)21-18(16(17)23)20-12-9-7-11(19)8-10-12/h3-10,17-18,20-21H,2H2,1H3. The van der Waals surface area contributed by atoms with Crippen LogP contribution in [0.4, 0.5) is 11.4 Å². The van der Waals surface area contributed by atoms with Crippen molar-refractivity contribution in [3.63, 3.8) is 0 Å². The molecule has 1 heterocycles. The normalized spacial score (nSPS) is 19.2. The lowest BCUT2D eigenvalue weighted by Crippen LogP contribution is -2.45. The second kappa shape index (κ2) is 6.93. The Labute approximate surface area is 145 Å². The summed E-state index contributed by atoms with van der Waals surface area (Å²) >= 11 is 5.88. The highest BCUT2D eigenvalue weighted by Gasteiger charge is 2.37. The molecular formula is C18H17ClN2O3. The number of fused-ring (bicyclic) bond motifs is 1. The van der Waals surface area contributed by atoms with Gasteiger partial charge in [-0.3, -0.25) is 9.59 Å². The molecule has 0 amide bonds. The van der Waals surface area contributed by atoms with Crippen LogP contribution in [0.1, 0.15) is 25.0 Å². The van der Waals surface area contributed by atoms with E-state index in [4.69, 9.17) is 16.3 Å². The second-order valence-corrected chi connectivity index (χ2v) is 5.88. The van der Waals surface area contributed by atoms with Gasteiger partial charge >= 0.3 is 5.97 Å². The summed E-state index contributed by atoms with van der Waals surface area (Å²) in [5.41, 5.74) is 2.17. The number of nitrogens with one attached hydrogen (secondary N) is 2. The van der Waals surface area contributed by atoms with Crippen LogP contribution in [-0.4, -0.2) is 17.9 Å². The fraction of sp³-hybridized carbons (Fsp3) is 0.222. The van der Waals surface area contributed by atoms with Crippen molar-refractivity contribution < 1.29 is 14.3 Å². The van der Waals surface area contributed by atoms with E-state index >= 15 is 0 Å². The Morgan fingerprint density at radius 3 is 2.62 bits per heavy atom. The number of esters is 1. The van der Waals surface area contributed by atoms with Gasteiger partial charge in [0.1, 0.15) is 0 Å². The van der Waals surface area contributed by atoms with Crippen molar-refractivity contribution >= 4 is 34.7 Å². The molecule has 2 unspecified atom stereocenters. The van der Waals surface area contributed by atoms with Crippen LogP contribution in [0.15, 0.2) is 48.5 Å². The lowest BCUT2D eigenvalue weighted by Gasteiger charge is -2.32. The number of rotatable bonds is 4. The van der Waals surface area contributed by atoms with Crippen molar-refractivity contribution in [1.82, 2.24) is 0 Å². The molecule has 0 spiro atoms. The van der Waals surface area contributed by atoms with Crippen molar-refractivity contribution in [2.75, 3.05) is 10.6 Å². The number of benzene rings is 2. The van der Waals surface area contributed by atoms with Gasteiger partial charge in [-0.1, -0.05) is 36.7 Å². The van der Waals surface area contributed by atoms with E-state index in [-0.39, 0.29) is 12.2 Å². The average molecular weight is 345 g/mol. The fourth-order valence-corrected chi connectivity index (χ4v) is 2.67. The number of hydrogen-bond donors (Lipinski definition) is 2. The number of para-hydroxylation sites is 1. The minimum absolute atomic E-state index is 0.217. The molecule has 2 aromatic carbocycles. The molecule has 2 atom stereocenters. The molecule has 5 nitrogen and oxygen atoms in total. The number of carbonyl (C=O) groups excluding carboxylic acids is 2. The highest BCUT2D eigenvalue weighted by atomic mass is 35.5. The van der Waals surface area contributed by atoms with Gasteiger partial charge < -0.3 is 15.4 Å². The minimum atomic E-state index is -0.917. The van der Waals surface area contributed by atoms with Gasteiger partial charge in [0.15, 0.2) is 12.3 Å². The van der Waals surface area contributed by atoms with Crippen LogP contribution in [0, 0.1) is 0 Å². The van der Waals surface area contributed by atoms with E-state index in [9.17, 15) is 9.59 Å². The number of halogens is 1. The quantitative estimate of drug-likeness (QED) is 0.826. The van der Waals surface area contributed by atoms with Crippen LogP contribution in [0.3, 0.4) is 0 Å². The van der Waals surface area contributed by atoms with Crippen LogP contribution in [-0.2, 0) is 14.3 Å². The van der Waals surface area contributed by atoms with Gasteiger partial charge in [-0.2, -0.15) is 0 Å². The fourth-order valence-electron chi connectivity index (χ4n) is 2.54. The zero-order valence-electron chi connectivity index (χ0n) is 13.1. The Bertz CT molecular complexity index is 761. The molecule has 0 fully saturated rings. The minimum Gasteiger partial charge on any atom is -0.449 e. The molecule has 0 saturated heterocycles. The monoisotopic (exact) mass is 344 g/mol. The lowest BCUT2D eigenvalue weighted by molar-refractivity contribution is -0.155. The Kier molecular flexibility index (Phi) is 4.71. The summed E-state index contributed by atoms with van der Waals surface area (Å²) in [7, 11) is 0. The molecule has 0 saturated carbocycles. The topological polar surface area (TPSA) is 67.4 Å². The van der Waals surface area contributed by atoms with Crippen molar-refractivity contribution in [2.24, 2.45) is 0 Å². The van der Waals surface area contributed by atoms with Crippen molar-refractivity contribution in [1.29, 1.82) is 0 Å². The Balaban J connectivity index is 1.88. The number of anilines is 2. The van der Waals surface area contributed by atoms with Crippen molar-refractivity contribution in [2.45, 2.75) is 25.6 Å². The molecule has 2 aromatic rings. The summed E-state index contributed by atoms with van der Waals surface area (Å²) in [6.07, 6.45) is -1.40. The maximum atomic E-state index is 12.8. The third-order valence-electron chi connectivity index (χ3n) is 3.78. The smallest absolute Gasteiger partial charge is 0.306 e. The maximum Gasteiger partial charge on any atom is 0.306 e. The van der Waals surface area contributed by atoms with Crippen LogP contribution in [0.25, 0.3) is 0 Å². The summed E-state index contributed by atoms with van der Waals surface area (Å²) < 4.78 is 5.38. The molecule has 2 N–H and O–H groups in total. The number of Topliss-reactive ketones (excluding diaryl/α,β-unsaturated/α-hetero) is 1. The van der Waals surface area contributed by atoms with Gasteiger partial charge in [-0.15, -0.1) is 0 Å². The van der Waals surface area contributed by atoms with E-state index in [1.165, 1.54) is 0 Å². The summed E-state index contributed by atoms with van der Waals surface area (Å²) in [5, 5.41) is 6.87. The van der Waals surface area contributed by atoms with Crippen LogP contribution < -0.4 is 10.6 Å². The summed E-state index contributed by atoms with van der Waals surface area (Å²) in [4.78, 5) is 24.5. The Hall–Kier alpha value is -2.53. The van der Waals surface area contributed by atoms with Crippen molar-refractivity contribution in [3.8, 4) is 0 Å². The summed E-state index contributed by atoms with van der Waals surface area (Å²) in [6.45, 7) is 1.70. The van der Waals surface area contributed by atoms with Gasteiger partial charge in [0.2, 0.25) is 5.78 Å². The molecule has 0 bridgehead atoms. The van der Waals surface area contributed by atoms with Crippen molar-refractivity contribution in [3.05, 3.63) is 59.1 Å². The van der Waals surface area contributed by atoms with E-state index in [1.807, 2.05) is 18.2 Å². The summed E-state index contributed by atoms with van der Waals surface area (Å²) in [5.74, 6) is -0.652. The molecule has 24 heavy (non-hydrogen) atoms. The number of ether oxygens (including phenoxy) is 1. The predicted molar refractivity (Wildman–Crippen MR) is 93.1 cm³/mol. The second-order valence-electron chi connectivity index (χ2n) is 5.44. The molecule has 0 aliphatic carbocycles. The first-order valence-corrected chi connectivity index (χ1v) is 8.07. The highest BCUT2D eigenvalue weighted by Crippen LogP contribution is 2.33. The predicted octanol–water partition coefficient (Wildman–Crippen LogP) is 3.77. The van der Waals surface area contributed by atoms with E-state index < -0.39 is 18.2 Å². The van der Waals surface area contributed by atoms with E-state index in [0.29, 0.717) is 10.6 Å².